The fraction of sp³-hybridized carbons (Fsp3) is 0.214. The molecule has 40 heavy (non-hydrogen) atoms. The van der Waals surface area contributed by atoms with Crippen LogP contribution in [-0.4, -0.2) is 47.3 Å². The maximum atomic E-state index is 13.7. The minimum atomic E-state index is -0.180. The number of tetrazole rings is 1. The summed E-state index contributed by atoms with van der Waals surface area (Å²) in [6, 6.07) is 14.6. The lowest BCUT2D eigenvalue weighted by Crippen LogP contribution is -2.26. The summed E-state index contributed by atoms with van der Waals surface area (Å²) in [4.78, 5) is 33.7. The molecule has 2 aliphatic heterocycles. The number of benzene rings is 2. The van der Waals surface area contributed by atoms with Crippen molar-refractivity contribution in [2.24, 2.45) is 5.92 Å². The second-order valence-electron chi connectivity index (χ2n) is 10.4. The summed E-state index contributed by atoms with van der Waals surface area (Å²) in [5.41, 5.74) is 6.42. The zero-order chi connectivity index (χ0) is 27.1. The minimum Gasteiger partial charge on any atom is -0.482 e. The van der Waals surface area contributed by atoms with Crippen LogP contribution in [0.5, 0.6) is 5.75 Å². The van der Waals surface area contributed by atoms with Crippen molar-refractivity contribution in [1.82, 2.24) is 34.7 Å². The molecule has 3 atom stereocenters. The first-order chi connectivity index (χ1) is 19.4. The molecule has 3 aliphatic rings. The van der Waals surface area contributed by atoms with E-state index < -0.39 is 0 Å². The van der Waals surface area contributed by atoms with Crippen LogP contribution in [0.15, 0.2) is 59.7 Å². The van der Waals surface area contributed by atoms with Gasteiger partial charge >= 0.3 is 0 Å². The van der Waals surface area contributed by atoms with E-state index in [-0.39, 0.29) is 30.0 Å². The number of aryl methyl sites for hydroxylation is 1. The molecule has 5 heterocycles. The zero-order valence-corrected chi connectivity index (χ0v) is 21.9. The quantitative estimate of drug-likeness (QED) is 0.346. The Balaban J connectivity index is 1.19. The molecule has 0 saturated heterocycles. The SMILES string of the molecule is Cc1nc(C2C3C[C@@H]3c3cc(-c4cc(Cl)ccc4-n4cnnn4)cc(=O)n32)[nH]c1-c1ccc2c(c1)OCC(=O)N2. The summed E-state index contributed by atoms with van der Waals surface area (Å²) in [6.45, 7) is 1.94. The van der Waals surface area contributed by atoms with E-state index in [4.69, 9.17) is 21.3 Å². The van der Waals surface area contributed by atoms with E-state index in [1.165, 1.54) is 6.33 Å². The molecule has 12 heteroatoms. The minimum absolute atomic E-state index is 0.0110. The Labute approximate surface area is 231 Å². The summed E-state index contributed by atoms with van der Waals surface area (Å²) in [5, 5.41) is 14.9. The molecule has 198 valence electrons. The summed E-state index contributed by atoms with van der Waals surface area (Å²) in [5.74, 6) is 1.78. The molecule has 0 bridgehead atoms. The number of nitrogens with one attached hydrogen (secondary N) is 2. The Morgan fingerprint density at radius 3 is 2.83 bits per heavy atom. The Morgan fingerprint density at radius 2 is 1.98 bits per heavy atom. The van der Waals surface area contributed by atoms with E-state index in [0.29, 0.717) is 22.4 Å². The molecule has 1 saturated carbocycles. The van der Waals surface area contributed by atoms with Gasteiger partial charge in [0.2, 0.25) is 0 Å². The normalized spacial score (nSPS) is 20.4. The first kappa shape index (κ1) is 23.1. The molecule has 2 unspecified atom stereocenters. The second-order valence-corrected chi connectivity index (χ2v) is 10.8. The molecule has 8 rings (SSSR count). The second kappa shape index (κ2) is 8.36. The third-order valence-electron chi connectivity index (χ3n) is 7.95. The van der Waals surface area contributed by atoms with Crippen molar-refractivity contribution in [1.29, 1.82) is 0 Å². The molecule has 11 nitrogen and oxygen atoms in total. The number of ether oxygens (including phenoxy) is 1. The summed E-state index contributed by atoms with van der Waals surface area (Å²) in [7, 11) is 0. The number of fused-ring (bicyclic) bond motifs is 4. The molecule has 2 N–H and O–H groups in total. The van der Waals surface area contributed by atoms with Gasteiger partial charge in [0, 0.05) is 33.8 Å². The number of pyridine rings is 1. The largest absolute Gasteiger partial charge is 0.482 e. The molecular formula is C28H21ClN8O3. The predicted molar refractivity (Wildman–Crippen MR) is 146 cm³/mol. The lowest BCUT2D eigenvalue weighted by molar-refractivity contribution is -0.118. The van der Waals surface area contributed by atoms with Crippen LogP contribution in [-0.2, 0) is 4.79 Å². The number of anilines is 1. The average molecular weight is 553 g/mol. The molecule has 1 fully saturated rings. The number of hydrogen-bond donors (Lipinski definition) is 2. The third-order valence-corrected chi connectivity index (χ3v) is 8.19. The highest BCUT2D eigenvalue weighted by molar-refractivity contribution is 6.31. The van der Waals surface area contributed by atoms with Gasteiger partial charge in [-0.15, -0.1) is 5.10 Å². The monoisotopic (exact) mass is 552 g/mol. The highest BCUT2D eigenvalue weighted by atomic mass is 35.5. The van der Waals surface area contributed by atoms with Crippen molar-refractivity contribution in [3.05, 3.63) is 87.4 Å². The Hall–Kier alpha value is -4.77. The molecule has 1 aliphatic carbocycles. The van der Waals surface area contributed by atoms with E-state index in [9.17, 15) is 9.59 Å². The van der Waals surface area contributed by atoms with Crippen molar-refractivity contribution >= 4 is 23.2 Å². The van der Waals surface area contributed by atoms with Gasteiger partial charge in [-0.3, -0.25) is 9.59 Å². The van der Waals surface area contributed by atoms with Gasteiger partial charge in [-0.05, 0) is 71.7 Å². The van der Waals surface area contributed by atoms with Crippen molar-refractivity contribution in [3.8, 4) is 33.8 Å². The van der Waals surface area contributed by atoms with Gasteiger partial charge in [0.15, 0.2) is 6.61 Å². The molecule has 0 spiro atoms. The van der Waals surface area contributed by atoms with Crippen LogP contribution >= 0.6 is 11.6 Å². The Bertz CT molecular complexity index is 1910. The van der Waals surface area contributed by atoms with Gasteiger partial charge in [-0.2, -0.15) is 4.68 Å². The fourth-order valence-electron chi connectivity index (χ4n) is 6.10. The number of aromatic amines is 1. The number of hydrogen-bond acceptors (Lipinski definition) is 7. The summed E-state index contributed by atoms with van der Waals surface area (Å²) >= 11 is 6.36. The highest BCUT2D eigenvalue weighted by Crippen LogP contribution is 2.60. The van der Waals surface area contributed by atoms with Gasteiger partial charge in [0.1, 0.15) is 17.9 Å². The zero-order valence-electron chi connectivity index (χ0n) is 21.1. The molecule has 1 amide bonds. The average Bonchev–Trinajstić information content (AvgIpc) is 3.24. The van der Waals surface area contributed by atoms with Crippen LogP contribution in [0.4, 0.5) is 5.69 Å². The number of rotatable bonds is 4. The van der Waals surface area contributed by atoms with Crippen LogP contribution in [0.25, 0.3) is 28.1 Å². The van der Waals surface area contributed by atoms with Crippen LogP contribution in [0.3, 0.4) is 0 Å². The summed E-state index contributed by atoms with van der Waals surface area (Å²) in [6.07, 6.45) is 2.51. The molecule has 3 aromatic heterocycles. The van der Waals surface area contributed by atoms with Crippen LogP contribution in [0.2, 0.25) is 5.02 Å². The Kier molecular flexibility index (Phi) is 4.84. The highest BCUT2D eigenvalue weighted by Gasteiger charge is 2.54. The number of amides is 1. The van der Waals surface area contributed by atoms with Crippen LogP contribution in [0, 0.1) is 12.8 Å². The van der Waals surface area contributed by atoms with Crippen molar-refractivity contribution in [2.75, 3.05) is 11.9 Å². The van der Waals surface area contributed by atoms with E-state index in [1.54, 1.807) is 16.8 Å². The number of imidazole rings is 1. The van der Waals surface area contributed by atoms with Gasteiger partial charge in [-0.25, -0.2) is 4.98 Å². The van der Waals surface area contributed by atoms with E-state index >= 15 is 0 Å². The maximum absolute atomic E-state index is 13.7. The van der Waals surface area contributed by atoms with Crippen LogP contribution < -0.4 is 15.6 Å². The standard InChI is InChI=1S/C28H21ClN8O3/c1-13-26(14-2-4-20-23(7-14)40-11-24(38)32-20)33-28(31-13)27-19-10-18(19)22-6-15(8-25(39)37(22)27)17-9-16(29)3-5-21(17)36-12-30-34-35-36/h2-9,12,18-19,27H,10-11H2,1H3,(H,31,33)(H,32,38)/t18-,19?,27?/m0/s1. The maximum Gasteiger partial charge on any atom is 0.262 e. The van der Waals surface area contributed by atoms with Gasteiger partial charge in [-0.1, -0.05) is 17.7 Å². The lowest BCUT2D eigenvalue weighted by atomic mass is 10.0. The van der Waals surface area contributed by atoms with Crippen molar-refractivity contribution < 1.29 is 9.53 Å². The molecule has 0 radical (unpaired) electrons. The van der Waals surface area contributed by atoms with Crippen molar-refractivity contribution in [2.45, 2.75) is 25.3 Å². The molecular weight excluding hydrogens is 532 g/mol. The number of carbonyl (C=O) groups excluding carboxylic acids is 1. The van der Waals surface area contributed by atoms with E-state index in [0.717, 1.165) is 51.7 Å². The first-order valence-electron chi connectivity index (χ1n) is 12.9. The smallest absolute Gasteiger partial charge is 0.262 e. The fourth-order valence-corrected chi connectivity index (χ4v) is 6.28. The van der Waals surface area contributed by atoms with E-state index in [1.807, 2.05) is 41.8 Å². The van der Waals surface area contributed by atoms with Crippen molar-refractivity contribution in [3.63, 3.8) is 0 Å². The van der Waals surface area contributed by atoms with Gasteiger partial charge < -0.3 is 19.6 Å². The van der Waals surface area contributed by atoms with Gasteiger partial charge in [0.05, 0.1) is 28.8 Å². The predicted octanol–water partition coefficient (Wildman–Crippen LogP) is 3.88. The number of nitrogens with zero attached hydrogens (tertiary/aromatic N) is 6. The van der Waals surface area contributed by atoms with Gasteiger partial charge in [0.25, 0.3) is 11.5 Å². The topological polar surface area (TPSA) is 133 Å². The molecule has 2 aromatic carbocycles. The molecule has 5 aromatic rings. The number of carbonyl (C=O) groups is 1. The Morgan fingerprint density at radius 1 is 1.07 bits per heavy atom. The van der Waals surface area contributed by atoms with E-state index in [2.05, 4.69) is 31.9 Å². The number of halogens is 1. The third kappa shape index (κ3) is 3.51. The number of H-pyrrole nitrogens is 1. The number of aromatic nitrogens is 7. The first-order valence-corrected chi connectivity index (χ1v) is 13.3. The lowest BCUT2D eigenvalue weighted by Gasteiger charge is -2.18. The summed E-state index contributed by atoms with van der Waals surface area (Å²) < 4.78 is 9.04. The van der Waals surface area contributed by atoms with Crippen LogP contribution in [0.1, 0.15) is 35.6 Å².